The Morgan fingerprint density at radius 2 is 1.55 bits per heavy atom. The normalized spacial score (nSPS) is 14.4. The van der Waals surface area contributed by atoms with Crippen molar-refractivity contribution in [2.75, 3.05) is 12.4 Å². The van der Waals surface area contributed by atoms with Gasteiger partial charge in [0.1, 0.15) is 17.5 Å². The maximum atomic E-state index is 12.6. The quantitative estimate of drug-likeness (QED) is 0.252. The van der Waals surface area contributed by atoms with Crippen LogP contribution in [0.4, 0.5) is 10.5 Å². The minimum absolute atomic E-state index is 0.0803. The highest BCUT2D eigenvalue weighted by molar-refractivity contribution is 5.91. The number of nitrogens with one attached hydrogen (secondary N) is 1. The van der Waals surface area contributed by atoms with Crippen molar-refractivity contribution in [3.63, 3.8) is 0 Å². The summed E-state index contributed by atoms with van der Waals surface area (Å²) in [7, 11) is 1.43. The lowest BCUT2D eigenvalue weighted by Crippen LogP contribution is -2.16. The van der Waals surface area contributed by atoms with Crippen LogP contribution >= 0.6 is 0 Å². The van der Waals surface area contributed by atoms with Gasteiger partial charge in [-0.05, 0) is 48.9 Å². The lowest BCUT2D eigenvalue weighted by Gasteiger charge is -2.15. The molecule has 1 atom stereocenters. The van der Waals surface area contributed by atoms with E-state index in [1.807, 2.05) is 61.5 Å². The molecule has 7 nitrogen and oxygen atoms in total. The van der Waals surface area contributed by atoms with Crippen molar-refractivity contribution in [2.24, 2.45) is 0 Å². The van der Waals surface area contributed by atoms with Crippen LogP contribution in [0.1, 0.15) is 49.1 Å². The molecular formula is C31H30N2O5. The highest BCUT2D eigenvalue weighted by atomic mass is 16.6. The number of rotatable bonds is 8. The van der Waals surface area contributed by atoms with E-state index in [0.29, 0.717) is 23.6 Å². The zero-order valence-electron chi connectivity index (χ0n) is 21.7. The van der Waals surface area contributed by atoms with Crippen LogP contribution in [0.25, 0.3) is 22.5 Å². The Morgan fingerprint density at radius 1 is 0.947 bits per heavy atom. The predicted molar refractivity (Wildman–Crippen MR) is 145 cm³/mol. The van der Waals surface area contributed by atoms with Gasteiger partial charge in [0.05, 0.1) is 13.5 Å². The predicted octanol–water partition coefficient (Wildman–Crippen LogP) is 7.22. The van der Waals surface area contributed by atoms with Gasteiger partial charge in [0.25, 0.3) is 0 Å². The first kappa shape index (κ1) is 25.3. The van der Waals surface area contributed by atoms with Crippen LogP contribution in [0, 0.1) is 6.92 Å². The zero-order chi connectivity index (χ0) is 26.7. The van der Waals surface area contributed by atoms with Gasteiger partial charge >= 0.3 is 12.1 Å². The highest BCUT2D eigenvalue weighted by Crippen LogP contribution is 2.51. The Morgan fingerprint density at radius 3 is 2.16 bits per heavy atom. The number of hydrogen-bond acceptors (Lipinski definition) is 6. The SMILES string of the molecule is COC(=O)CC1(c2ccc(-c3ccc(-c4onc(C)c4NC(=O)O[C@H](C)c4ccccc4)cc3)cc2)CC1. The summed E-state index contributed by atoms with van der Waals surface area (Å²) in [5.41, 5.74) is 5.93. The second-order valence-electron chi connectivity index (χ2n) is 9.74. The van der Waals surface area contributed by atoms with Crippen molar-refractivity contribution in [1.82, 2.24) is 5.16 Å². The van der Waals surface area contributed by atoms with Crippen molar-refractivity contribution in [3.05, 3.63) is 95.7 Å². The van der Waals surface area contributed by atoms with E-state index < -0.39 is 12.2 Å². The average molecular weight is 511 g/mol. The van der Waals surface area contributed by atoms with E-state index in [2.05, 4.69) is 34.7 Å². The maximum absolute atomic E-state index is 12.6. The smallest absolute Gasteiger partial charge is 0.412 e. The van der Waals surface area contributed by atoms with Crippen molar-refractivity contribution in [1.29, 1.82) is 0 Å². The first-order chi connectivity index (χ1) is 18.4. The third-order valence-corrected chi connectivity index (χ3v) is 7.18. The van der Waals surface area contributed by atoms with Gasteiger partial charge in [0.2, 0.25) is 0 Å². The van der Waals surface area contributed by atoms with Crippen LogP contribution in [-0.2, 0) is 19.7 Å². The van der Waals surface area contributed by atoms with Crippen LogP contribution < -0.4 is 5.32 Å². The number of carbonyl (C=O) groups is 2. The molecule has 7 heteroatoms. The molecule has 1 amide bonds. The number of aromatic nitrogens is 1. The van der Waals surface area contributed by atoms with Gasteiger partial charge in [-0.1, -0.05) is 84.0 Å². The first-order valence-corrected chi connectivity index (χ1v) is 12.7. The van der Waals surface area contributed by atoms with Crippen LogP contribution in [0.5, 0.6) is 0 Å². The number of carbonyl (C=O) groups excluding carboxylic acids is 2. The molecule has 1 saturated carbocycles. The zero-order valence-corrected chi connectivity index (χ0v) is 21.7. The summed E-state index contributed by atoms with van der Waals surface area (Å²) in [5, 5.41) is 6.85. The Hall–Kier alpha value is -4.39. The van der Waals surface area contributed by atoms with Gasteiger partial charge in [-0.2, -0.15) is 0 Å². The molecule has 1 heterocycles. The first-order valence-electron chi connectivity index (χ1n) is 12.7. The Labute approximate surface area is 221 Å². The second-order valence-corrected chi connectivity index (χ2v) is 9.74. The number of benzene rings is 3. The number of amides is 1. The van der Waals surface area contributed by atoms with Crippen LogP contribution in [0.3, 0.4) is 0 Å². The molecule has 0 radical (unpaired) electrons. The Bertz CT molecular complexity index is 1420. The number of methoxy groups -OCH3 is 1. The Balaban J connectivity index is 1.28. The monoisotopic (exact) mass is 510 g/mol. The number of hydrogen-bond donors (Lipinski definition) is 1. The third-order valence-electron chi connectivity index (χ3n) is 7.18. The number of esters is 1. The summed E-state index contributed by atoms with van der Waals surface area (Å²) >= 11 is 0. The molecule has 3 aromatic carbocycles. The second kappa shape index (κ2) is 10.5. The fourth-order valence-corrected chi connectivity index (χ4v) is 4.70. The van der Waals surface area contributed by atoms with E-state index in [4.69, 9.17) is 14.0 Å². The van der Waals surface area contributed by atoms with Gasteiger partial charge < -0.3 is 14.0 Å². The van der Waals surface area contributed by atoms with Gasteiger partial charge in [0.15, 0.2) is 5.76 Å². The number of ether oxygens (including phenoxy) is 2. The summed E-state index contributed by atoms with van der Waals surface area (Å²) in [6, 6.07) is 25.8. The lowest BCUT2D eigenvalue weighted by atomic mass is 9.91. The molecule has 0 unspecified atom stereocenters. The summed E-state index contributed by atoms with van der Waals surface area (Å²) in [4.78, 5) is 24.4. The molecule has 5 rings (SSSR count). The van der Waals surface area contributed by atoms with Gasteiger partial charge in [-0.25, -0.2) is 4.79 Å². The van der Waals surface area contributed by atoms with E-state index in [9.17, 15) is 9.59 Å². The number of anilines is 1. The molecule has 1 aliphatic carbocycles. The standard InChI is InChI=1S/C31H30N2O5/c1-20-28(32-30(35)37-21(2)22-7-5-4-6-8-22)29(38-33-20)25-11-9-23(10-12-25)24-13-15-26(16-14-24)31(17-18-31)19-27(34)36-3/h4-16,21H,17-19H2,1-3H3,(H,32,35)/t21-/m1/s1. The van der Waals surface area contributed by atoms with Gasteiger partial charge in [-0.15, -0.1) is 0 Å². The number of aryl methyl sites for hydroxylation is 1. The molecule has 194 valence electrons. The minimum atomic E-state index is -0.578. The summed E-state index contributed by atoms with van der Waals surface area (Å²) in [6.07, 6.45) is 1.44. The largest absolute Gasteiger partial charge is 0.469 e. The molecule has 1 aromatic heterocycles. The minimum Gasteiger partial charge on any atom is -0.469 e. The van der Waals surface area contributed by atoms with E-state index in [1.54, 1.807) is 6.92 Å². The van der Waals surface area contributed by atoms with Gasteiger partial charge in [-0.3, -0.25) is 10.1 Å². The maximum Gasteiger partial charge on any atom is 0.412 e. The molecule has 1 aliphatic rings. The van der Waals surface area contributed by atoms with E-state index in [-0.39, 0.29) is 11.4 Å². The van der Waals surface area contributed by atoms with E-state index >= 15 is 0 Å². The molecule has 1 N–H and O–H groups in total. The molecule has 0 aliphatic heterocycles. The van der Waals surface area contributed by atoms with Crippen LogP contribution in [0.15, 0.2) is 83.4 Å². The molecule has 0 bridgehead atoms. The van der Waals surface area contributed by atoms with E-state index in [1.165, 1.54) is 12.7 Å². The molecule has 4 aromatic rings. The molecule has 0 spiro atoms. The molecule has 38 heavy (non-hydrogen) atoms. The van der Waals surface area contributed by atoms with Crippen molar-refractivity contribution >= 4 is 17.7 Å². The topological polar surface area (TPSA) is 90.7 Å². The van der Waals surface area contributed by atoms with E-state index in [0.717, 1.165) is 35.1 Å². The number of nitrogens with zero attached hydrogens (tertiary/aromatic N) is 1. The van der Waals surface area contributed by atoms with Gasteiger partial charge in [0, 0.05) is 11.0 Å². The van der Waals surface area contributed by atoms with Crippen LogP contribution in [-0.4, -0.2) is 24.3 Å². The molecule has 0 saturated heterocycles. The summed E-state index contributed by atoms with van der Waals surface area (Å²) in [6.45, 7) is 3.59. The fourth-order valence-electron chi connectivity index (χ4n) is 4.70. The van der Waals surface area contributed by atoms with Crippen molar-refractivity contribution < 1.29 is 23.6 Å². The fraction of sp³-hybridized carbons (Fsp3) is 0.258. The summed E-state index contributed by atoms with van der Waals surface area (Å²) in [5.74, 6) is 0.296. The lowest BCUT2D eigenvalue weighted by molar-refractivity contribution is -0.141. The summed E-state index contributed by atoms with van der Waals surface area (Å²) < 4.78 is 16.0. The van der Waals surface area contributed by atoms with Crippen LogP contribution in [0.2, 0.25) is 0 Å². The third kappa shape index (κ3) is 5.32. The van der Waals surface area contributed by atoms with Crippen molar-refractivity contribution in [2.45, 2.75) is 44.6 Å². The average Bonchev–Trinajstić information content (AvgIpc) is 3.64. The Kier molecular flexibility index (Phi) is 7.01. The molecular weight excluding hydrogens is 480 g/mol. The van der Waals surface area contributed by atoms with Crippen molar-refractivity contribution in [3.8, 4) is 22.5 Å². The molecule has 1 fully saturated rings. The highest BCUT2D eigenvalue weighted by Gasteiger charge is 2.46.